The van der Waals surface area contributed by atoms with Gasteiger partial charge in [-0.1, -0.05) is 48.1 Å². The van der Waals surface area contributed by atoms with Gasteiger partial charge in [-0.3, -0.25) is 0 Å². The normalized spacial score (nSPS) is 11.8. The maximum atomic E-state index is 8.98. The first-order valence-electron chi connectivity index (χ1n) is 10.6. The Labute approximate surface area is 185 Å². The van der Waals surface area contributed by atoms with E-state index in [1.165, 1.54) is 5.57 Å². The fraction of sp³-hybridized carbons (Fsp3) is 0.385. The average molecular weight is 427 g/mol. The minimum Gasteiger partial charge on any atom is -0.497 e. The molecule has 0 bridgehead atoms. The Kier molecular flexibility index (Phi) is 12.1. The zero-order chi connectivity index (χ0) is 22.2. The first-order valence-corrected chi connectivity index (χ1v) is 10.6. The summed E-state index contributed by atoms with van der Waals surface area (Å²) in [6, 6.07) is 15.8. The molecule has 5 nitrogen and oxygen atoms in total. The molecule has 0 saturated heterocycles. The monoisotopic (exact) mass is 426 g/mol. The molecule has 0 unspecified atom stereocenters. The van der Waals surface area contributed by atoms with Gasteiger partial charge in [-0.2, -0.15) is 0 Å². The number of ether oxygens (including phenoxy) is 4. The van der Waals surface area contributed by atoms with E-state index in [2.05, 4.69) is 6.08 Å². The first-order chi connectivity index (χ1) is 15.2. The summed E-state index contributed by atoms with van der Waals surface area (Å²) in [7, 11) is 3.32. The second-order valence-corrected chi connectivity index (χ2v) is 7.06. The van der Waals surface area contributed by atoms with Crippen LogP contribution in [0.4, 0.5) is 0 Å². The number of rotatable bonds is 15. The number of aliphatic hydroxyl groups is 1. The van der Waals surface area contributed by atoms with Crippen LogP contribution in [0.2, 0.25) is 0 Å². The second kappa shape index (κ2) is 15.2. The zero-order valence-electron chi connectivity index (χ0n) is 18.6. The van der Waals surface area contributed by atoms with Gasteiger partial charge < -0.3 is 24.1 Å². The van der Waals surface area contributed by atoms with Gasteiger partial charge in [0, 0.05) is 0 Å². The van der Waals surface area contributed by atoms with E-state index in [-0.39, 0.29) is 6.61 Å². The third kappa shape index (κ3) is 10.3. The smallest absolute Gasteiger partial charge is 0.118 e. The Morgan fingerprint density at radius 1 is 0.774 bits per heavy atom. The highest BCUT2D eigenvalue weighted by molar-refractivity contribution is 5.27. The van der Waals surface area contributed by atoms with E-state index in [9.17, 15) is 0 Å². The lowest BCUT2D eigenvalue weighted by Crippen LogP contribution is -1.99. The van der Waals surface area contributed by atoms with Crippen molar-refractivity contribution in [3.05, 3.63) is 83.5 Å². The van der Waals surface area contributed by atoms with Crippen LogP contribution in [0.3, 0.4) is 0 Å². The molecular weight excluding hydrogens is 392 g/mol. The highest BCUT2D eigenvalue weighted by atomic mass is 16.5. The van der Waals surface area contributed by atoms with Crippen LogP contribution >= 0.6 is 0 Å². The van der Waals surface area contributed by atoms with Crippen molar-refractivity contribution in [3.8, 4) is 11.5 Å². The maximum absolute atomic E-state index is 8.98. The predicted octanol–water partition coefficient (Wildman–Crippen LogP) is 5.08. The van der Waals surface area contributed by atoms with Gasteiger partial charge in [-0.25, -0.2) is 0 Å². The summed E-state index contributed by atoms with van der Waals surface area (Å²) < 4.78 is 22.0. The molecule has 0 atom stereocenters. The number of benzene rings is 2. The van der Waals surface area contributed by atoms with Gasteiger partial charge in [-0.15, -0.1) is 0 Å². The van der Waals surface area contributed by atoms with E-state index in [0.717, 1.165) is 41.9 Å². The van der Waals surface area contributed by atoms with Gasteiger partial charge in [0.25, 0.3) is 0 Å². The number of hydrogen-bond acceptors (Lipinski definition) is 5. The van der Waals surface area contributed by atoms with Crippen molar-refractivity contribution in [3.63, 3.8) is 0 Å². The molecule has 0 aliphatic heterocycles. The van der Waals surface area contributed by atoms with Gasteiger partial charge in [0.15, 0.2) is 0 Å². The molecular formula is C26H34O5. The Bertz CT molecular complexity index is 778. The molecule has 168 valence electrons. The molecule has 0 spiro atoms. The summed E-state index contributed by atoms with van der Waals surface area (Å²) in [5.41, 5.74) is 3.54. The van der Waals surface area contributed by atoms with E-state index < -0.39 is 0 Å². The highest BCUT2D eigenvalue weighted by Crippen LogP contribution is 2.15. The van der Waals surface area contributed by atoms with E-state index in [1.54, 1.807) is 20.3 Å². The van der Waals surface area contributed by atoms with Crippen LogP contribution in [-0.4, -0.2) is 39.1 Å². The van der Waals surface area contributed by atoms with Crippen LogP contribution in [0.25, 0.3) is 0 Å². The lowest BCUT2D eigenvalue weighted by atomic mass is 10.1. The number of aliphatic hydroxyl groups excluding tert-OH is 1. The SMILES string of the molecule is COc1ccc(COCC/C=C(/C/C=C/CO)CCOCc2ccc(OC)cc2)cc1. The molecule has 0 heterocycles. The minimum atomic E-state index is 0.0617. The summed E-state index contributed by atoms with van der Waals surface area (Å²) >= 11 is 0. The van der Waals surface area contributed by atoms with Crippen molar-refractivity contribution in [2.75, 3.05) is 34.0 Å². The molecule has 2 aromatic rings. The van der Waals surface area contributed by atoms with Crippen molar-refractivity contribution in [2.24, 2.45) is 0 Å². The number of hydrogen-bond donors (Lipinski definition) is 1. The van der Waals surface area contributed by atoms with E-state index in [1.807, 2.05) is 54.6 Å². The van der Waals surface area contributed by atoms with Crippen molar-refractivity contribution in [1.29, 1.82) is 0 Å². The Morgan fingerprint density at radius 2 is 1.32 bits per heavy atom. The molecule has 0 fully saturated rings. The van der Waals surface area contributed by atoms with Gasteiger partial charge in [0.1, 0.15) is 11.5 Å². The molecule has 0 saturated carbocycles. The standard InChI is InChI=1S/C26H34O5/c1-28-25-12-8-23(9-13-25)20-30-18-5-7-22(6-3-4-17-27)16-19-31-21-24-10-14-26(29-2)15-11-24/h3-4,7-15,27H,5-6,16-21H2,1-2H3/b4-3+,22-7-. The summed E-state index contributed by atoms with van der Waals surface area (Å²) in [4.78, 5) is 0. The van der Waals surface area contributed by atoms with E-state index in [0.29, 0.717) is 26.4 Å². The third-order valence-electron chi connectivity index (χ3n) is 4.77. The molecule has 1 N–H and O–H groups in total. The van der Waals surface area contributed by atoms with Crippen LogP contribution in [0.15, 0.2) is 72.3 Å². The largest absolute Gasteiger partial charge is 0.497 e. The number of methoxy groups -OCH3 is 2. The fourth-order valence-electron chi connectivity index (χ4n) is 2.97. The predicted molar refractivity (Wildman–Crippen MR) is 123 cm³/mol. The summed E-state index contributed by atoms with van der Waals surface area (Å²) in [6.45, 7) is 2.53. The quantitative estimate of drug-likeness (QED) is 0.318. The molecule has 5 heteroatoms. The van der Waals surface area contributed by atoms with Crippen LogP contribution < -0.4 is 9.47 Å². The maximum Gasteiger partial charge on any atom is 0.118 e. The summed E-state index contributed by atoms with van der Waals surface area (Å²) in [6.07, 6.45) is 8.48. The topological polar surface area (TPSA) is 57.2 Å². The number of allylic oxidation sites excluding steroid dienone is 1. The van der Waals surface area contributed by atoms with Crippen molar-refractivity contribution >= 4 is 0 Å². The Hall–Kier alpha value is -2.60. The second-order valence-electron chi connectivity index (χ2n) is 7.06. The van der Waals surface area contributed by atoms with Crippen molar-refractivity contribution in [1.82, 2.24) is 0 Å². The molecule has 0 amide bonds. The molecule has 2 aromatic carbocycles. The van der Waals surface area contributed by atoms with Crippen molar-refractivity contribution in [2.45, 2.75) is 32.5 Å². The van der Waals surface area contributed by atoms with Gasteiger partial charge in [0.05, 0.1) is 47.3 Å². The van der Waals surface area contributed by atoms with Gasteiger partial charge >= 0.3 is 0 Å². The average Bonchev–Trinajstić information content (AvgIpc) is 2.82. The Morgan fingerprint density at radius 3 is 1.84 bits per heavy atom. The molecule has 31 heavy (non-hydrogen) atoms. The zero-order valence-corrected chi connectivity index (χ0v) is 18.6. The van der Waals surface area contributed by atoms with Crippen LogP contribution in [0.1, 0.15) is 30.4 Å². The van der Waals surface area contributed by atoms with Crippen LogP contribution in [0.5, 0.6) is 11.5 Å². The van der Waals surface area contributed by atoms with E-state index >= 15 is 0 Å². The first kappa shape index (κ1) is 24.7. The van der Waals surface area contributed by atoms with Gasteiger partial charge in [0.2, 0.25) is 0 Å². The van der Waals surface area contributed by atoms with Crippen LogP contribution in [0, 0.1) is 0 Å². The molecule has 0 radical (unpaired) electrons. The third-order valence-corrected chi connectivity index (χ3v) is 4.77. The summed E-state index contributed by atoms with van der Waals surface area (Å²) in [5.74, 6) is 1.69. The highest BCUT2D eigenvalue weighted by Gasteiger charge is 2.00. The fourth-order valence-corrected chi connectivity index (χ4v) is 2.97. The molecule has 0 aromatic heterocycles. The van der Waals surface area contributed by atoms with Crippen LogP contribution in [-0.2, 0) is 22.7 Å². The van der Waals surface area contributed by atoms with Gasteiger partial charge in [-0.05, 0) is 54.7 Å². The lowest BCUT2D eigenvalue weighted by Gasteiger charge is -2.09. The van der Waals surface area contributed by atoms with Crippen molar-refractivity contribution < 1.29 is 24.1 Å². The Balaban J connectivity index is 1.71. The molecule has 0 aliphatic rings. The lowest BCUT2D eigenvalue weighted by molar-refractivity contribution is 0.121. The minimum absolute atomic E-state index is 0.0617. The molecule has 2 rings (SSSR count). The summed E-state index contributed by atoms with van der Waals surface area (Å²) in [5, 5.41) is 8.98. The van der Waals surface area contributed by atoms with E-state index in [4.69, 9.17) is 24.1 Å². The molecule has 0 aliphatic carbocycles.